The van der Waals surface area contributed by atoms with Gasteiger partial charge in [0.15, 0.2) is 11.5 Å². The lowest BCUT2D eigenvalue weighted by Crippen LogP contribution is -2.26. The summed E-state index contributed by atoms with van der Waals surface area (Å²) in [5.74, 6) is 0.925. The topological polar surface area (TPSA) is 76.2 Å². The van der Waals surface area contributed by atoms with Crippen molar-refractivity contribution in [3.05, 3.63) is 88.0 Å². The summed E-state index contributed by atoms with van der Waals surface area (Å²) in [6, 6.07) is 20.7. The molecule has 36 heavy (non-hydrogen) atoms. The van der Waals surface area contributed by atoms with Crippen LogP contribution in [0.25, 0.3) is 33.1 Å². The van der Waals surface area contributed by atoms with Crippen LogP contribution >= 0.6 is 23.2 Å². The van der Waals surface area contributed by atoms with Crippen molar-refractivity contribution in [2.75, 3.05) is 20.8 Å². The van der Waals surface area contributed by atoms with Gasteiger partial charge in [0.1, 0.15) is 5.69 Å². The molecule has 0 aliphatic rings. The van der Waals surface area contributed by atoms with E-state index < -0.39 is 0 Å². The van der Waals surface area contributed by atoms with Crippen molar-refractivity contribution in [2.45, 2.75) is 6.42 Å². The van der Waals surface area contributed by atoms with Crippen LogP contribution < -0.4 is 14.8 Å². The Morgan fingerprint density at radius 2 is 1.75 bits per heavy atom. The number of fused-ring (bicyclic) bond motifs is 3. The predicted molar refractivity (Wildman–Crippen MR) is 145 cm³/mol. The molecule has 2 N–H and O–H groups in total. The van der Waals surface area contributed by atoms with Gasteiger partial charge >= 0.3 is 0 Å². The van der Waals surface area contributed by atoms with Gasteiger partial charge in [0.2, 0.25) is 0 Å². The Balaban J connectivity index is 1.53. The first kappa shape index (κ1) is 24.0. The maximum atomic E-state index is 13.2. The first-order chi connectivity index (χ1) is 17.5. The number of ether oxygens (including phenoxy) is 2. The lowest BCUT2D eigenvalue weighted by Gasteiger charge is -2.12. The normalized spacial score (nSPS) is 11.1. The van der Waals surface area contributed by atoms with Crippen LogP contribution in [0.1, 0.15) is 16.1 Å². The third-order valence-electron chi connectivity index (χ3n) is 6.08. The molecule has 0 fully saturated rings. The van der Waals surface area contributed by atoms with Gasteiger partial charge in [0, 0.05) is 38.4 Å². The Morgan fingerprint density at radius 1 is 0.944 bits per heavy atom. The summed E-state index contributed by atoms with van der Waals surface area (Å²) in [6.07, 6.45) is 0.569. The highest BCUT2D eigenvalue weighted by Gasteiger charge is 2.18. The minimum absolute atomic E-state index is 0.269. The number of methoxy groups -OCH3 is 2. The van der Waals surface area contributed by atoms with E-state index in [0.29, 0.717) is 45.9 Å². The van der Waals surface area contributed by atoms with Crippen molar-refractivity contribution in [3.8, 4) is 22.8 Å². The second-order valence-corrected chi connectivity index (χ2v) is 9.10. The predicted octanol–water partition coefficient (Wildman–Crippen LogP) is 6.68. The molecule has 0 aliphatic heterocycles. The number of hydrogen-bond acceptors (Lipinski definition) is 4. The summed E-state index contributed by atoms with van der Waals surface area (Å²) in [5, 5.41) is 6.04. The molecule has 3 aromatic carbocycles. The Hall–Kier alpha value is -3.74. The summed E-state index contributed by atoms with van der Waals surface area (Å²) in [5.41, 5.74) is 4.48. The van der Waals surface area contributed by atoms with Gasteiger partial charge in [-0.15, -0.1) is 0 Å². The first-order valence-corrected chi connectivity index (χ1v) is 12.1. The zero-order valence-corrected chi connectivity index (χ0v) is 21.2. The summed E-state index contributed by atoms with van der Waals surface area (Å²) in [4.78, 5) is 21.4. The quantitative estimate of drug-likeness (QED) is 0.251. The van der Waals surface area contributed by atoms with Crippen molar-refractivity contribution in [1.29, 1.82) is 0 Å². The van der Waals surface area contributed by atoms with Crippen molar-refractivity contribution in [3.63, 3.8) is 0 Å². The molecule has 5 rings (SSSR count). The monoisotopic (exact) mass is 519 g/mol. The summed E-state index contributed by atoms with van der Waals surface area (Å²) in [6.45, 7) is 0.402. The average molecular weight is 520 g/mol. The van der Waals surface area contributed by atoms with E-state index >= 15 is 0 Å². The number of H-pyrrole nitrogens is 1. The van der Waals surface area contributed by atoms with Crippen molar-refractivity contribution >= 4 is 50.9 Å². The number of hydrogen-bond donors (Lipinski definition) is 2. The number of carbonyl (C=O) groups excluding carboxylic acids is 1. The lowest BCUT2D eigenvalue weighted by atomic mass is 10.1. The van der Waals surface area contributed by atoms with E-state index in [1.54, 1.807) is 26.4 Å². The molecule has 0 radical (unpaired) electrons. The van der Waals surface area contributed by atoms with Crippen LogP contribution in [0.2, 0.25) is 10.0 Å². The number of halogens is 2. The molecule has 1 amide bonds. The number of pyridine rings is 1. The highest BCUT2D eigenvalue weighted by molar-refractivity contribution is 6.35. The number of nitrogens with one attached hydrogen (secondary N) is 2. The van der Waals surface area contributed by atoms with Crippen LogP contribution in [-0.4, -0.2) is 36.6 Å². The molecule has 0 saturated heterocycles. The molecule has 0 saturated carbocycles. The molecular formula is C28H23Cl2N3O3. The Bertz CT molecular complexity index is 1600. The van der Waals surface area contributed by atoms with Crippen LogP contribution in [0.15, 0.2) is 66.7 Å². The van der Waals surface area contributed by atoms with Crippen molar-refractivity contribution < 1.29 is 14.3 Å². The van der Waals surface area contributed by atoms with Gasteiger partial charge in [-0.1, -0.05) is 47.5 Å². The highest BCUT2D eigenvalue weighted by Crippen LogP contribution is 2.36. The van der Waals surface area contributed by atoms with Gasteiger partial charge in [-0.05, 0) is 54.4 Å². The summed E-state index contributed by atoms with van der Waals surface area (Å²) < 4.78 is 10.9. The number of rotatable bonds is 7. The minimum atomic E-state index is -0.269. The molecule has 5 aromatic rings. The fraction of sp³-hybridized carbons (Fsp3) is 0.143. The third-order valence-corrected chi connectivity index (χ3v) is 6.67. The minimum Gasteiger partial charge on any atom is -0.493 e. The van der Waals surface area contributed by atoms with Crippen molar-refractivity contribution in [2.24, 2.45) is 0 Å². The molecule has 0 bridgehead atoms. The fourth-order valence-corrected chi connectivity index (χ4v) is 4.78. The van der Waals surface area contributed by atoms with Crippen LogP contribution in [0.3, 0.4) is 0 Å². The molecule has 0 unspecified atom stereocenters. The Labute approximate surface area is 218 Å². The van der Waals surface area contributed by atoms with Gasteiger partial charge in [-0.3, -0.25) is 4.79 Å². The molecule has 182 valence electrons. The third kappa shape index (κ3) is 4.57. The lowest BCUT2D eigenvalue weighted by molar-refractivity contribution is 0.0949. The molecule has 0 atom stereocenters. The highest BCUT2D eigenvalue weighted by atomic mass is 35.5. The van der Waals surface area contributed by atoms with E-state index in [4.69, 9.17) is 37.7 Å². The smallest absolute Gasteiger partial charge is 0.269 e. The molecule has 0 aliphatic carbocycles. The summed E-state index contributed by atoms with van der Waals surface area (Å²) >= 11 is 12.3. The number of para-hydroxylation sites is 1. The molecule has 8 heteroatoms. The van der Waals surface area contributed by atoms with E-state index in [1.807, 2.05) is 54.6 Å². The number of carbonyl (C=O) groups is 1. The van der Waals surface area contributed by atoms with Gasteiger partial charge in [0.25, 0.3) is 5.91 Å². The van der Waals surface area contributed by atoms with Crippen LogP contribution in [0.5, 0.6) is 11.5 Å². The van der Waals surface area contributed by atoms with E-state index in [2.05, 4.69) is 10.3 Å². The SMILES string of the molecule is COc1ccc(-c2nc(C(=O)NCCc3ccc(Cl)cc3Cl)cc3c2[nH]c2ccccc23)cc1OC. The standard InChI is InChI=1S/C28H23Cl2N3O3/c1-35-24-10-8-17(13-25(24)36-2)26-27-20(19-5-3-4-6-22(19)32-27)15-23(33-26)28(34)31-12-11-16-7-9-18(29)14-21(16)30/h3-10,13-15,32H,11-12H2,1-2H3,(H,31,34). The fourth-order valence-electron chi connectivity index (χ4n) is 4.28. The van der Waals surface area contributed by atoms with Gasteiger partial charge in [0.05, 0.1) is 25.4 Å². The molecule has 2 aromatic heterocycles. The number of aromatic amines is 1. The van der Waals surface area contributed by atoms with E-state index in [-0.39, 0.29) is 5.91 Å². The molecular weight excluding hydrogens is 497 g/mol. The van der Waals surface area contributed by atoms with Crippen LogP contribution in [0, 0.1) is 0 Å². The molecule has 2 heterocycles. The van der Waals surface area contributed by atoms with Gasteiger partial charge < -0.3 is 19.8 Å². The molecule has 6 nitrogen and oxygen atoms in total. The number of nitrogens with zero attached hydrogens (tertiary/aromatic N) is 1. The second-order valence-electron chi connectivity index (χ2n) is 8.26. The number of amides is 1. The number of aromatic nitrogens is 2. The summed E-state index contributed by atoms with van der Waals surface area (Å²) in [7, 11) is 3.18. The largest absolute Gasteiger partial charge is 0.493 e. The maximum absolute atomic E-state index is 13.2. The Kier molecular flexibility index (Phi) is 6.72. The number of benzene rings is 3. The first-order valence-electron chi connectivity index (χ1n) is 11.3. The van der Waals surface area contributed by atoms with Crippen molar-refractivity contribution in [1.82, 2.24) is 15.3 Å². The van der Waals surface area contributed by atoms with Gasteiger partial charge in [-0.25, -0.2) is 4.98 Å². The van der Waals surface area contributed by atoms with Crippen LogP contribution in [0.4, 0.5) is 0 Å². The van der Waals surface area contributed by atoms with Gasteiger partial charge in [-0.2, -0.15) is 0 Å². The van der Waals surface area contributed by atoms with Crippen LogP contribution in [-0.2, 0) is 6.42 Å². The average Bonchev–Trinajstić information content (AvgIpc) is 3.27. The van der Waals surface area contributed by atoms with E-state index in [0.717, 1.165) is 32.9 Å². The van der Waals surface area contributed by atoms with E-state index in [9.17, 15) is 4.79 Å². The second kappa shape index (κ2) is 10.1. The van der Waals surface area contributed by atoms with E-state index in [1.165, 1.54) is 0 Å². The maximum Gasteiger partial charge on any atom is 0.269 e. The zero-order valence-electron chi connectivity index (χ0n) is 19.7. The molecule has 0 spiro atoms. The Morgan fingerprint density at radius 3 is 2.53 bits per heavy atom. The zero-order chi connectivity index (χ0) is 25.2.